The summed E-state index contributed by atoms with van der Waals surface area (Å²) in [6.45, 7) is 4.60. The molecule has 0 aliphatic carbocycles. The average molecular weight is 88.1 g/mol. The number of hydrogen-bond acceptors (Lipinski definition) is 1. The van der Waals surface area contributed by atoms with E-state index in [1.54, 1.807) is 0 Å². The van der Waals surface area contributed by atoms with E-state index in [2.05, 4.69) is 6.58 Å². The molecule has 0 rings (SSSR count). The summed E-state index contributed by atoms with van der Waals surface area (Å²) in [5, 5.41) is 7.89. The molecule has 2 nitrogen and oxygen atoms in total. The van der Waals surface area contributed by atoms with Crippen molar-refractivity contribution in [1.82, 2.24) is 0 Å². The zero-order valence-corrected chi connectivity index (χ0v) is 3.56. The lowest BCUT2D eigenvalue weighted by Gasteiger charge is -1.79. The monoisotopic (exact) mass is 88.0 g/mol. The number of carboxylic acid groups (broad SMARTS) is 1. The molecule has 34 valence electrons. The molecule has 0 aromatic heterocycles. The molecule has 0 aliphatic heterocycles. The topological polar surface area (TPSA) is 37.3 Å². The standard InChI is InChI=1S/C4H6O2/c1-3(2)4(5)6/h1H2,2H3,(H,5,6)/i4+2. The van der Waals surface area contributed by atoms with Crippen molar-refractivity contribution in [2.75, 3.05) is 0 Å². The Kier molecular flexibility index (Phi) is 1.39. The lowest BCUT2D eigenvalue weighted by atomic mass is 10.6. The van der Waals surface area contributed by atoms with Crippen LogP contribution >= 0.6 is 0 Å². The van der Waals surface area contributed by atoms with Gasteiger partial charge in [0.25, 0.3) is 0 Å². The first kappa shape index (κ1) is 5.21. The fourth-order valence-corrected chi connectivity index (χ4v) is 0. The first-order valence-corrected chi connectivity index (χ1v) is 1.53. The maximum absolute atomic E-state index is 9.60. The zero-order valence-electron chi connectivity index (χ0n) is 3.56. The minimum absolute atomic E-state index is 0.176. The first-order valence-electron chi connectivity index (χ1n) is 1.53. The Hall–Kier alpha value is -0.790. The van der Waals surface area contributed by atoms with Gasteiger partial charge in [-0.1, -0.05) is 6.58 Å². The number of aliphatic carboxylic acids is 1. The van der Waals surface area contributed by atoms with Crippen molar-refractivity contribution in [3.8, 4) is 0 Å². The molecular weight excluding hydrogens is 82.0 g/mol. The van der Waals surface area contributed by atoms with Gasteiger partial charge >= 0.3 is 5.97 Å². The molecule has 0 unspecified atom stereocenters. The van der Waals surface area contributed by atoms with Crippen molar-refractivity contribution in [1.29, 1.82) is 0 Å². The van der Waals surface area contributed by atoms with Crippen LogP contribution in [0.5, 0.6) is 0 Å². The molecule has 0 bridgehead atoms. The second kappa shape index (κ2) is 1.60. The zero-order chi connectivity index (χ0) is 5.15. The highest BCUT2D eigenvalue weighted by atomic mass is 16.6. The maximum atomic E-state index is 9.60. The fourth-order valence-electron chi connectivity index (χ4n) is 0. The summed E-state index contributed by atoms with van der Waals surface area (Å²) in [6, 6.07) is 0. The smallest absolute Gasteiger partial charge is 0.330 e. The van der Waals surface area contributed by atoms with E-state index in [1.807, 2.05) is 0 Å². The lowest BCUT2D eigenvalue weighted by molar-refractivity contribution is -0.132. The summed E-state index contributed by atoms with van der Waals surface area (Å²) >= 11 is 0. The largest absolute Gasteiger partial charge is 0.478 e. The molecule has 2 heteroatoms. The van der Waals surface area contributed by atoms with Crippen molar-refractivity contribution in [2.45, 2.75) is 6.92 Å². The molecule has 0 aliphatic rings. The molecule has 0 atom stereocenters. The highest BCUT2D eigenvalue weighted by Gasteiger charge is 1.90. The van der Waals surface area contributed by atoms with Gasteiger partial charge in [-0.25, -0.2) is 4.79 Å². The molecule has 0 fully saturated rings. The molecule has 0 amide bonds. The van der Waals surface area contributed by atoms with Crippen LogP contribution in [0.1, 0.15) is 6.92 Å². The van der Waals surface area contributed by atoms with Gasteiger partial charge in [0.05, 0.1) is 0 Å². The molecule has 0 saturated carbocycles. The second-order valence-corrected chi connectivity index (χ2v) is 1.09. The summed E-state index contributed by atoms with van der Waals surface area (Å²) in [5.41, 5.74) is 0.176. The van der Waals surface area contributed by atoms with Crippen LogP contribution in [-0.4, -0.2) is 11.1 Å². The van der Waals surface area contributed by atoms with Crippen molar-refractivity contribution < 1.29 is 9.90 Å². The number of rotatable bonds is 1. The van der Waals surface area contributed by atoms with Gasteiger partial charge in [-0.3, -0.25) is 0 Å². The molecule has 0 heterocycles. The maximum Gasteiger partial charge on any atom is 0.330 e. The van der Waals surface area contributed by atoms with Gasteiger partial charge in [0.1, 0.15) is 0 Å². The molecule has 0 aromatic rings. The van der Waals surface area contributed by atoms with Crippen LogP contribution in [0.15, 0.2) is 12.2 Å². The SMILES string of the molecule is C=C(C)[14C](=O)O. The van der Waals surface area contributed by atoms with Gasteiger partial charge in [-0.05, 0) is 6.92 Å². The third kappa shape index (κ3) is 1.52. The molecule has 1 N–H and O–H groups in total. The van der Waals surface area contributed by atoms with Gasteiger partial charge in [0.15, 0.2) is 0 Å². The van der Waals surface area contributed by atoms with E-state index in [1.165, 1.54) is 6.92 Å². The number of carboxylic acids is 1. The first-order chi connectivity index (χ1) is 2.64. The van der Waals surface area contributed by atoms with E-state index in [0.717, 1.165) is 0 Å². The Labute approximate surface area is 36.1 Å². The number of carbonyl (C=O) groups is 1. The Morgan fingerprint density at radius 3 is 2.17 bits per heavy atom. The van der Waals surface area contributed by atoms with Crippen molar-refractivity contribution in [3.05, 3.63) is 12.2 Å². The predicted molar refractivity (Wildman–Crippen MR) is 22.4 cm³/mol. The van der Waals surface area contributed by atoms with Crippen LogP contribution in [-0.2, 0) is 4.79 Å². The van der Waals surface area contributed by atoms with Crippen LogP contribution < -0.4 is 0 Å². The summed E-state index contributed by atoms with van der Waals surface area (Å²) in [5.74, 6) is -0.935. The molecule has 0 saturated heterocycles. The average Bonchev–Trinajstić information content (AvgIpc) is 1.36. The normalized spacial score (nSPS) is 7.50. The molecule has 0 spiro atoms. The highest BCUT2D eigenvalue weighted by Crippen LogP contribution is 1.81. The third-order valence-corrected chi connectivity index (χ3v) is 0.365. The minimum Gasteiger partial charge on any atom is -0.478 e. The summed E-state index contributed by atoms with van der Waals surface area (Å²) < 4.78 is 0. The lowest BCUT2D eigenvalue weighted by Crippen LogP contribution is -1.92. The van der Waals surface area contributed by atoms with Gasteiger partial charge in [-0.15, -0.1) is 0 Å². The van der Waals surface area contributed by atoms with Gasteiger partial charge in [0.2, 0.25) is 0 Å². The van der Waals surface area contributed by atoms with E-state index in [0.29, 0.717) is 0 Å². The minimum atomic E-state index is -0.935. The molecule has 0 aromatic carbocycles. The van der Waals surface area contributed by atoms with Crippen LogP contribution in [0.25, 0.3) is 0 Å². The van der Waals surface area contributed by atoms with Gasteiger partial charge in [-0.2, -0.15) is 0 Å². The Balaban J connectivity index is 3.57. The second-order valence-electron chi connectivity index (χ2n) is 1.09. The van der Waals surface area contributed by atoms with Crippen LogP contribution in [0.4, 0.5) is 0 Å². The predicted octanol–water partition coefficient (Wildman–Crippen LogP) is 0.647. The van der Waals surface area contributed by atoms with Gasteiger partial charge < -0.3 is 5.11 Å². The third-order valence-electron chi connectivity index (χ3n) is 0.365. The van der Waals surface area contributed by atoms with Crippen molar-refractivity contribution >= 4 is 5.97 Å². The molecule has 6 heavy (non-hydrogen) atoms. The molecule has 0 radical (unpaired) electrons. The Morgan fingerprint density at radius 1 is 2.00 bits per heavy atom. The summed E-state index contributed by atoms with van der Waals surface area (Å²) in [4.78, 5) is 9.60. The summed E-state index contributed by atoms with van der Waals surface area (Å²) in [7, 11) is 0. The fraction of sp³-hybridized carbons (Fsp3) is 0.250. The Bertz CT molecular complexity index is 71.5. The van der Waals surface area contributed by atoms with Crippen molar-refractivity contribution in [3.63, 3.8) is 0 Å². The number of hydrogen-bond donors (Lipinski definition) is 1. The van der Waals surface area contributed by atoms with E-state index < -0.39 is 5.97 Å². The van der Waals surface area contributed by atoms with E-state index in [4.69, 9.17) is 5.11 Å². The molecular formula is C4H6O2. The van der Waals surface area contributed by atoms with E-state index >= 15 is 0 Å². The van der Waals surface area contributed by atoms with Crippen LogP contribution in [0.3, 0.4) is 0 Å². The van der Waals surface area contributed by atoms with E-state index in [-0.39, 0.29) is 5.57 Å². The van der Waals surface area contributed by atoms with E-state index in [9.17, 15) is 4.79 Å². The summed E-state index contributed by atoms with van der Waals surface area (Å²) in [6.07, 6.45) is 0. The Morgan fingerprint density at radius 2 is 2.17 bits per heavy atom. The van der Waals surface area contributed by atoms with Crippen LogP contribution in [0, 0.1) is 0 Å². The van der Waals surface area contributed by atoms with Crippen LogP contribution in [0.2, 0.25) is 0 Å². The highest BCUT2D eigenvalue weighted by molar-refractivity contribution is 5.84. The quantitative estimate of drug-likeness (QED) is 0.478. The van der Waals surface area contributed by atoms with Crippen molar-refractivity contribution in [2.24, 2.45) is 0 Å². The van der Waals surface area contributed by atoms with Gasteiger partial charge in [0, 0.05) is 5.57 Å².